The van der Waals surface area contributed by atoms with Crippen molar-refractivity contribution in [1.82, 2.24) is 4.31 Å². The number of carbonyl (C=O) groups excluding carboxylic acids is 1. The molecular formula is C24H23Cl2FN2O4S. The van der Waals surface area contributed by atoms with E-state index in [1.165, 1.54) is 34.6 Å². The number of aliphatic hydroxyl groups is 1. The van der Waals surface area contributed by atoms with Crippen LogP contribution >= 0.6 is 23.2 Å². The number of carbonyl (C=O) groups is 1. The highest BCUT2D eigenvalue weighted by atomic mass is 35.5. The molecule has 0 atom stereocenters. The summed E-state index contributed by atoms with van der Waals surface area (Å²) in [4.78, 5) is 12.7. The second kappa shape index (κ2) is 9.79. The van der Waals surface area contributed by atoms with Crippen molar-refractivity contribution in [2.75, 3.05) is 18.4 Å². The standard InChI is InChI=1S/C24H23Cl2FN2O4S/c25-20-8-7-18(15-19(20)23(30)28-17-6-9-22(27)21(26)14-17)34(32,33)29-12-10-24(31,11-13-29)16-4-2-1-3-5-16/h2,4-9,14-15,31H,1,3,10-13H2,(H,28,30). The fourth-order valence-corrected chi connectivity index (χ4v) is 5.96. The number of piperidine rings is 1. The summed E-state index contributed by atoms with van der Waals surface area (Å²) in [5, 5.41) is 13.5. The third kappa shape index (κ3) is 5.06. The molecule has 2 aliphatic rings. The second-order valence-corrected chi connectivity index (χ2v) is 11.1. The van der Waals surface area contributed by atoms with Gasteiger partial charge in [-0.2, -0.15) is 4.31 Å². The molecular weight excluding hydrogens is 502 g/mol. The van der Waals surface area contributed by atoms with E-state index >= 15 is 0 Å². The highest BCUT2D eigenvalue weighted by molar-refractivity contribution is 7.89. The zero-order valence-electron chi connectivity index (χ0n) is 18.1. The van der Waals surface area contributed by atoms with Crippen LogP contribution in [-0.2, 0) is 10.0 Å². The minimum absolute atomic E-state index is 0.0470. The summed E-state index contributed by atoms with van der Waals surface area (Å²) >= 11 is 11.9. The summed E-state index contributed by atoms with van der Waals surface area (Å²) in [6, 6.07) is 7.59. The number of benzene rings is 2. The third-order valence-corrected chi connectivity index (χ3v) is 8.59. The molecule has 2 aromatic carbocycles. The number of nitrogens with zero attached hydrogens (tertiary/aromatic N) is 1. The SMILES string of the molecule is O=C(Nc1ccc(F)c(Cl)c1)c1cc(S(=O)(=O)N2CCC(O)(C3=CCCC=C3)CC2)ccc1Cl. The molecule has 34 heavy (non-hydrogen) atoms. The zero-order chi connectivity index (χ0) is 24.5. The summed E-state index contributed by atoms with van der Waals surface area (Å²) in [5.41, 5.74) is -0.0248. The van der Waals surface area contributed by atoms with Gasteiger partial charge in [-0.3, -0.25) is 4.79 Å². The maximum absolute atomic E-state index is 13.4. The second-order valence-electron chi connectivity index (χ2n) is 8.30. The van der Waals surface area contributed by atoms with Gasteiger partial charge in [0.05, 0.1) is 26.1 Å². The summed E-state index contributed by atoms with van der Waals surface area (Å²) < 4.78 is 41.2. The van der Waals surface area contributed by atoms with Gasteiger partial charge in [-0.25, -0.2) is 12.8 Å². The van der Waals surface area contributed by atoms with Gasteiger partial charge in [-0.15, -0.1) is 0 Å². The number of amides is 1. The van der Waals surface area contributed by atoms with E-state index in [9.17, 15) is 22.7 Å². The molecule has 6 nitrogen and oxygen atoms in total. The average Bonchev–Trinajstić information content (AvgIpc) is 2.82. The van der Waals surface area contributed by atoms with Gasteiger partial charge in [0.1, 0.15) is 5.82 Å². The first-order chi connectivity index (χ1) is 16.1. The molecule has 0 unspecified atom stereocenters. The minimum Gasteiger partial charge on any atom is -0.385 e. The van der Waals surface area contributed by atoms with Crippen LogP contribution in [0.15, 0.2) is 65.1 Å². The third-order valence-electron chi connectivity index (χ3n) is 6.08. The lowest BCUT2D eigenvalue weighted by atomic mass is 9.82. The number of nitrogens with one attached hydrogen (secondary N) is 1. The number of halogens is 3. The molecule has 0 spiro atoms. The van der Waals surface area contributed by atoms with Crippen molar-refractivity contribution in [2.45, 2.75) is 36.2 Å². The normalized spacial score (nSPS) is 18.4. The van der Waals surface area contributed by atoms with Gasteiger partial charge in [-0.05, 0) is 67.7 Å². The van der Waals surface area contributed by atoms with Crippen LogP contribution in [0.5, 0.6) is 0 Å². The van der Waals surface area contributed by atoms with Crippen molar-refractivity contribution < 1.29 is 22.7 Å². The molecule has 0 bridgehead atoms. The Bertz CT molecular complexity index is 1290. The fourth-order valence-electron chi connectivity index (χ4n) is 4.10. The monoisotopic (exact) mass is 524 g/mol. The summed E-state index contributed by atoms with van der Waals surface area (Å²) in [6.07, 6.45) is 8.26. The Morgan fingerprint density at radius 3 is 2.44 bits per heavy atom. The molecule has 1 aliphatic carbocycles. The van der Waals surface area contributed by atoms with Crippen LogP contribution < -0.4 is 5.32 Å². The van der Waals surface area contributed by atoms with Crippen LogP contribution in [0.3, 0.4) is 0 Å². The first-order valence-corrected chi connectivity index (χ1v) is 13.0. The van der Waals surface area contributed by atoms with Gasteiger partial charge in [0.15, 0.2) is 0 Å². The maximum Gasteiger partial charge on any atom is 0.257 e. The molecule has 4 rings (SSSR count). The van der Waals surface area contributed by atoms with Crippen LogP contribution in [0.1, 0.15) is 36.0 Å². The van der Waals surface area contributed by atoms with Crippen molar-refractivity contribution in [3.05, 3.63) is 81.6 Å². The lowest BCUT2D eigenvalue weighted by molar-refractivity contribution is 0.0314. The van der Waals surface area contributed by atoms with Crippen LogP contribution in [0, 0.1) is 5.82 Å². The van der Waals surface area contributed by atoms with Crippen LogP contribution in [0.4, 0.5) is 10.1 Å². The molecule has 0 radical (unpaired) electrons. The summed E-state index contributed by atoms with van der Waals surface area (Å²) in [6.45, 7) is 0.282. The number of anilines is 1. The van der Waals surface area contributed by atoms with E-state index in [0.717, 1.165) is 24.5 Å². The van der Waals surface area contributed by atoms with Gasteiger partial charge in [0.25, 0.3) is 5.91 Å². The van der Waals surface area contributed by atoms with Crippen molar-refractivity contribution in [3.8, 4) is 0 Å². The Labute approximate surface area is 207 Å². The lowest BCUT2D eigenvalue weighted by Gasteiger charge is -2.39. The molecule has 2 aromatic rings. The Kier molecular flexibility index (Phi) is 7.17. The molecule has 180 valence electrons. The predicted octanol–water partition coefficient (Wildman–Crippen LogP) is 5.18. The number of allylic oxidation sites excluding steroid dienone is 2. The van der Waals surface area contributed by atoms with Gasteiger partial charge < -0.3 is 10.4 Å². The molecule has 1 saturated heterocycles. The van der Waals surface area contributed by atoms with Crippen molar-refractivity contribution in [2.24, 2.45) is 0 Å². The molecule has 1 aliphatic heterocycles. The first-order valence-electron chi connectivity index (χ1n) is 10.8. The van der Waals surface area contributed by atoms with Crippen LogP contribution in [0.25, 0.3) is 0 Å². The van der Waals surface area contributed by atoms with Gasteiger partial charge in [0.2, 0.25) is 10.0 Å². The quantitative estimate of drug-likeness (QED) is 0.564. The highest BCUT2D eigenvalue weighted by Gasteiger charge is 2.39. The van der Waals surface area contributed by atoms with E-state index in [2.05, 4.69) is 5.32 Å². The number of hydrogen-bond donors (Lipinski definition) is 2. The predicted molar refractivity (Wildman–Crippen MR) is 130 cm³/mol. The molecule has 2 N–H and O–H groups in total. The summed E-state index contributed by atoms with van der Waals surface area (Å²) in [5.74, 6) is -1.29. The maximum atomic E-state index is 13.4. The van der Waals surface area contributed by atoms with Crippen molar-refractivity contribution >= 4 is 44.8 Å². The topological polar surface area (TPSA) is 86.7 Å². The van der Waals surface area contributed by atoms with E-state index in [1.807, 2.05) is 18.2 Å². The van der Waals surface area contributed by atoms with Gasteiger partial charge >= 0.3 is 0 Å². The lowest BCUT2D eigenvalue weighted by Crippen LogP contribution is -2.47. The molecule has 0 aromatic heterocycles. The number of rotatable bonds is 5. The Morgan fingerprint density at radius 1 is 1.06 bits per heavy atom. The Hall–Kier alpha value is -2.23. The van der Waals surface area contributed by atoms with E-state index < -0.39 is 27.3 Å². The van der Waals surface area contributed by atoms with Crippen molar-refractivity contribution in [1.29, 1.82) is 0 Å². The molecule has 10 heteroatoms. The zero-order valence-corrected chi connectivity index (χ0v) is 20.4. The highest BCUT2D eigenvalue weighted by Crippen LogP contribution is 2.35. The van der Waals surface area contributed by atoms with E-state index in [1.54, 1.807) is 0 Å². The Morgan fingerprint density at radius 2 is 1.79 bits per heavy atom. The number of hydrogen-bond acceptors (Lipinski definition) is 4. The van der Waals surface area contributed by atoms with E-state index in [-0.39, 0.29) is 52.1 Å². The number of sulfonamides is 1. The summed E-state index contributed by atoms with van der Waals surface area (Å²) in [7, 11) is -3.93. The van der Waals surface area contributed by atoms with E-state index in [4.69, 9.17) is 23.2 Å². The Balaban J connectivity index is 1.52. The first kappa shape index (κ1) is 24.9. The molecule has 0 saturated carbocycles. The smallest absolute Gasteiger partial charge is 0.257 e. The molecule has 1 amide bonds. The molecule has 1 fully saturated rings. The largest absolute Gasteiger partial charge is 0.385 e. The minimum atomic E-state index is -3.93. The fraction of sp³-hybridized carbons (Fsp3) is 0.292. The van der Waals surface area contributed by atoms with Gasteiger partial charge in [0, 0.05) is 18.8 Å². The van der Waals surface area contributed by atoms with E-state index in [0.29, 0.717) is 0 Å². The van der Waals surface area contributed by atoms with Crippen LogP contribution in [0.2, 0.25) is 10.0 Å². The van der Waals surface area contributed by atoms with Crippen LogP contribution in [-0.4, -0.2) is 42.4 Å². The van der Waals surface area contributed by atoms with Gasteiger partial charge in [-0.1, -0.05) is 41.4 Å². The average molecular weight is 525 g/mol. The van der Waals surface area contributed by atoms with Crippen molar-refractivity contribution in [3.63, 3.8) is 0 Å². The molecule has 1 heterocycles.